The first-order valence-corrected chi connectivity index (χ1v) is 15.3. The van der Waals surface area contributed by atoms with Gasteiger partial charge in [-0.1, -0.05) is 6.07 Å². The number of piperidine rings is 2. The third-order valence-electron chi connectivity index (χ3n) is 12.6. The molecule has 1 aromatic heterocycles. The lowest BCUT2D eigenvalue weighted by molar-refractivity contribution is -0.597. The smallest absolute Gasteiger partial charge is 0.264 e. The van der Waals surface area contributed by atoms with Gasteiger partial charge in [-0.3, -0.25) is 38.9 Å². The Morgan fingerprint density at radius 3 is 2.43 bits per heavy atom. The van der Waals surface area contributed by atoms with E-state index in [2.05, 4.69) is 20.6 Å². The number of hydrogen-bond donors (Lipinski definition) is 2. The molecule has 8 fully saturated rings. The number of likely N-dealkylation sites (tertiary alicyclic amines) is 1. The molecule has 2 aromatic rings. The summed E-state index contributed by atoms with van der Waals surface area (Å²) < 4.78 is 2.00. The molecule has 1 aromatic carbocycles. The summed E-state index contributed by atoms with van der Waals surface area (Å²) in [5, 5.41) is 10.1. The first-order valence-electron chi connectivity index (χ1n) is 15.3. The van der Waals surface area contributed by atoms with Crippen LogP contribution in [0.15, 0.2) is 30.6 Å². The molecular weight excluding hydrogens is 536 g/mol. The molecule has 11 nitrogen and oxygen atoms in total. The number of anilines is 1. The van der Waals surface area contributed by atoms with Gasteiger partial charge in [0.15, 0.2) is 0 Å². The fourth-order valence-electron chi connectivity index (χ4n) is 11.0. The zero-order chi connectivity index (χ0) is 28.2. The number of aromatic nitrogens is 2. The Morgan fingerprint density at radius 1 is 0.976 bits per heavy atom. The maximum absolute atomic E-state index is 13.5. The van der Waals surface area contributed by atoms with Gasteiger partial charge in [0.1, 0.15) is 6.04 Å². The molecular formula is C31H30N6O5. The van der Waals surface area contributed by atoms with Crippen LogP contribution in [0.1, 0.15) is 58.0 Å². The lowest BCUT2D eigenvalue weighted by atomic mass is 8.96. The Morgan fingerprint density at radius 2 is 1.71 bits per heavy atom. The summed E-state index contributed by atoms with van der Waals surface area (Å²) in [6.45, 7) is 2.00. The summed E-state index contributed by atoms with van der Waals surface area (Å²) in [6, 6.07) is 4.29. The molecule has 0 spiro atoms. The van der Waals surface area contributed by atoms with Crippen molar-refractivity contribution in [2.45, 2.75) is 44.3 Å². The molecule has 9 aliphatic rings. The molecule has 42 heavy (non-hydrogen) atoms. The third kappa shape index (κ3) is 2.42. The Hall–Kier alpha value is -4.02. The van der Waals surface area contributed by atoms with Crippen molar-refractivity contribution in [2.24, 2.45) is 46.8 Å². The zero-order valence-electron chi connectivity index (χ0n) is 22.9. The van der Waals surface area contributed by atoms with Crippen LogP contribution in [-0.2, 0) is 20.9 Å². The van der Waals surface area contributed by atoms with Crippen molar-refractivity contribution in [3.05, 3.63) is 47.3 Å². The van der Waals surface area contributed by atoms with Gasteiger partial charge in [0, 0.05) is 43.5 Å². The minimum absolute atomic E-state index is 0.0780. The first-order chi connectivity index (χ1) is 20.4. The van der Waals surface area contributed by atoms with Crippen molar-refractivity contribution in [1.29, 1.82) is 0 Å². The van der Waals surface area contributed by atoms with E-state index in [4.69, 9.17) is 0 Å². The van der Waals surface area contributed by atoms with E-state index in [-0.39, 0.29) is 35.4 Å². The number of amides is 5. The van der Waals surface area contributed by atoms with Crippen molar-refractivity contribution in [3.63, 3.8) is 0 Å². The van der Waals surface area contributed by atoms with Crippen molar-refractivity contribution >= 4 is 35.2 Å². The molecule has 5 amide bonds. The lowest BCUT2D eigenvalue weighted by Crippen LogP contribution is -3.07. The SMILES string of the molecule is O=C1CCC(N2C(=O)c3cccc(NCc4cnn(C5CCN(C(=O)C67C8C9C%10C8C6C%10C97)CC5)c4)c3C2=O)C(=O)N1. The average molecular weight is 567 g/mol. The van der Waals surface area contributed by atoms with E-state index in [1.165, 1.54) is 0 Å². The highest BCUT2D eigenvalue weighted by molar-refractivity contribution is 6.25. The van der Waals surface area contributed by atoms with E-state index in [1.54, 1.807) is 18.2 Å². The van der Waals surface area contributed by atoms with Crippen LogP contribution in [0.25, 0.3) is 0 Å². The normalized spacial score (nSPS) is 39.8. The topological polar surface area (TPSA) is 134 Å². The first kappa shape index (κ1) is 23.5. The number of benzene rings is 1. The van der Waals surface area contributed by atoms with Crippen molar-refractivity contribution in [2.75, 3.05) is 18.4 Å². The number of nitrogens with one attached hydrogen (secondary N) is 2. The Balaban J connectivity index is 0.790. The van der Waals surface area contributed by atoms with E-state index >= 15 is 0 Å². The van der Waals surface area contributed by atoms with Crippen LogP contribution in [0.5, 0.6) is 0 Å². The third-order valence-corrected chi connectivity index (χ3v) is 12.6. The summed E-state index contributed by atoms with van der Waals surface area (Å²) in [5.41, 5.74) is 2.03. The molecule has 3 aliphatic heterocycles. The van der Waals surface area contributed by atoms with Gasteiger partial charge in [0.2, 0.25) is 17.7 Å². The molecule has 0 bridgehead atoms. The summed E-state index contributed by atoms with van der Waals surface area (Å²) in [7, 11) is 0. The van der Waals surface area contributed by atoms with E-state index in [0.717, 1.165) is 77.8 Å². The summed E-state index contributed by atoms with van der Waals surface area (Å²) >= 11 is 0. The standard InChI is InChI=1S/C31H30N6O5/c38-18-5-4-17(27(39)34-18)37-28(40)15-2-1-3-16(19(15)29(37)41)32-10-13-11-33-36(12-13)14-6-8-35(9-7-14)30(42)31-24-21-20-22(24)26(31)23(20)25(21)31/h1-3,11-12,14,17,20-26,32H,4-10H2,(H,34,38,39). The predicted octanol–water partition coefficient (Wildman–Crippen LogP) is 1.43. The Kier molecular flexibility index (Phi) is 4.19. The number of carbonyl (C=O) groups excluding carboxylic acids is 5. The molecule has 2 saturated heterocycles. The maximum Gasteiger partial charge on any atom is 0.264 e. The summed E-state index contributed by atoms with van der Waals surface area (Å²) in [5.74, 6) is 4.40. The van der Waals surface area contributed by atoms with Crippen LogP contribution in [0.2, 0.25) is 0 Å². The molecule has 4 heterocycles. The number of fused-ring (bicyclic) bond motifs is 1. The highest BCUT2D eigenvalue weighted by atomic mass is 16.2. The van der Waals surface area contributed by atoms with Gasteiger partial charge in [-0.2, -0.15) is 5.10 Å². The minimum atomic E-state index is -0.997. The number of rotatable bonds is 6. The fourth-order valence-corrected chi connectivity index (χ4v) is 11.0. The molecule has 1 unspecified atom stereocenters. The van der Waals surface area contributed by atoms with Crippen LogP contribution in [-0.4, -0.2) is 68.2 Å². The second-order valence-corrected chi connectivity index (χ2v) is 13.7. The van der Waals surface area contributed by atoms with Gasteiger partial charge in [-0.05, 0) is 72.8 Å². The predicted molar refractivity (Wildman–Crippen MR) is 144 cm³/mol. The molecule has 6 saturated carbocycles. The molecule has 11 heteroatoms. The van der Waals surface area contributed by atoms with Crippen molar-refractivity contribution in [3.8, 4) is 0 Å². The molecule has 1 atom stereocenters. The molecule has 11 rings (SSSR count). The van der Waals surface area contributed by atoms with Crippen LogP contribution in [0.3, 0.4) is 0 Å². The van der Waals surface area contributed by atoms with Gasteiger partial charge >= 0.3 is 0 Å². The van der Waals surface area contributed by atoms with Gasteiger partial charge in [-0.25, -0.2) is 0 Å². The summed E-state index contributed by atoms with van der Waals surface area (Å²) in [6.07, 6.45) is 5.82. The molecule has 214 valence electrons. The van der Waals surface area contributed by atoms with E-state index < -0.39 is 29.7 Å². The largest absolute Gasteiger partial charge is 0.380 e. The number of nitrogens with zero attached hydrogens (tertiary/aromatic N) is 4. The van der Waals surface area contributed by atoms with Gasteiger partial charge < -0.3 is 10.2 Å². The summed E-state index contributed by atoms with van der Waals surface area (Å²) in [4.78, 5) is 67.1. The van der Waals surface area contributed by atoms with Crippen molar-refractivity contribution < 1.29 is 24.0 Å². The Bertz CT molecular complexity index is 1620. The van der Waals surface area contributed by atoms with E-state index in [9.17, 15) is 24.0 Å². The van der Waals surface area contributed by atoms with Crippen LogP contribution >= 0.6 is 0 Å². The average Bonchev–Trinajstić information content (AvgIpc) is 3.59. The van der Waals surface area contributed by atoms with Crippen LogP contribution < -0.4 is 10.6 Å². The van der Waals surface area contributed by atoms with Gasteiger partial charge in [0.05, 0.1) is 28.8 Å². The molecule has 2 N–H and O–H groups in total. The van der Waals surface area contributed by atoms with Crippen LogP contribution in [0.4, 0.5) is 5.69 Å². The monoisotopic (exact) mass is 566 g/mol. The lowest BCUT2D eigenvalue weighted by Gasteiger charge is -3.06. The van der Waals surface area contributed by atoms with Gasteiger partial charge in [-0.15, -0.1) is 0 Å². The number of imide groups is 2. The second kappa shape index (κ2) is 7.48. The fraction of sp³-hybridized carbons (Fsp3) is 0.548. The number of hydrogen-bond acceptors (Lipinski definition) is 7. The molecule has 0 radical (unpaired) electrons. The second-order valence-electron chi connectivity index (χ2n) is 13.7. The van der Waals surface area contributed by atoms with Crippen molar-refractivity contribution in [1.82, 2.24) is 24.9 Å². The maximum atomic E-state index is 13.5. The van der Waals surface area contributed by atoms with Crippen LogP contribution in [0, 0.1) is 46.8 Å². The zero-order valence-corrected chi connectivity index (χ0v) is 22.9. The Labute approximate surface area is 241 Å². The van der Waals surface area contributed by atoms with E-state index in [0.29, 0.717) is 18.1 Å². The quantitative estimate of drug-likeness (QED) is 0.506. The van der Waals surface area contributed by atoms with Gasteiger partial charge in [0.25, 0.3) is 11.8 Å². The van der Waals surface area contributed by atoms with E-state index in [1.807, 2.05) is 17.1 Å². The molecule has 6 aliphatic carbocycles. The minimum Gasteiger partial charge on any atom is -0.380 e. The highest BCUT2D eigenvalue weighted by Crippen LogP contribution is 3.06. The number of carbonyl (C=O) groups is 5. The highest BCUT2D eigenvalue weighted by Gasteiger charge is 3.06.